The van der Waals surface area contributed by atoms with Gasteiger partial charge >= 0.3 is 5.97 Å². The van der Waals surface area contributed by atoms with Gasteiger partial charge in [0.15, 0.2) is 24.0 Å². The van der Waals surface area contributed by atoms with E-state index in [1.807, 2.05) is 46.6 Å². The molecule has 20 nitrogen and oxygen atoms in total. The number of ketones is 1. The fraction of sp³-hybridized carbons (Fsp3) is 0.884. The van der Waals surface area contributed by atoms with Gasteiger partial charge in [-0.25, -0.2) is 4.39 Å². The van der Waals surface area contributed by atoms with Gasteiger partial charge in [0.1, 0.15) is 35.1 Å². The minimum atomic E-state index is -2.00. The van der Waals surface area contributed by atoms with Crippen LogP contribution >= 0.6 is 0 Å². The number of hydrogen-bond donors (Lipinski definition) is 8. The van der Waals surface area contributed by atoms with Crippen LogP contribution in [0.25, 0.3) is 0 Å². The monoisotopic (exact) mass is 1280 g/mol. The molecule has 0 bridgehead atoms. The van der Waals surface area contributed by atoms with Crippen LogP contribution in [-0.4, -0.2) is 203 Å². The highest BCUT2D eigenvalue weighted by molar-refractivity contribution is 6.01. The van der Waals surface area contributed by atoms with Crippen LogP contribution in [0.2, 0.25) is 0 Å². The van der Waals surface area contributed by atoms with Crippen LogP contribution in [0.4, 0.5) is 4.39 Å². The summed E-state index contributed by atoms with van der Waals surface area (Å²) in [5.41, 5.74) is -8.90. The summed E-state index contributed by atoms with van der Waals surface area (Å²) >= 11 is 0. The molecule has 516 valence electrons. The average molecular weight is 1280 g/mol. The summed E-state index contributed by atoms with van der Waals surface area (Å²) < 4.78 is 63.5. The molecule has 6 fully saturated rings. The van der Waals surface area contributed by atoms with E-state index in [1.54, 1.807) is 53.7 Å². The molecule has 21 heteroatoms. The van der Waals surface area contributed by atoms with E-state index < -0.39 is 136 Å². The largest absolute Gasteiger partial charge is 0.459 e. The van der Waals surface area contributed by atoms with Crippen molar-refractivity contribution in [3.63, 3.8) is 0 Å². The minimum absolute atomic E-state index is 0.0176. The molecule has 26 atom stereocenters. The number of carbonyl (C=O) groups excluding carboxylic acids is 4. The number of unbranched alkanes of at least 4 members (excludes halogenated alkanes) is 5. The number of nitrogens with zero attached hydrogens (tertiary/aromatic N) is 1. The molecule has 2 amide bonds. The standard InChI is InChI=1S/C69H117FN4O16/c1-18-52-67(14,82)57(78)44(8)73-59(79)40(4)35-65(12,84-16)58(90-62-55(77)50(74(15)19-2)33-41(5)86-62)42(6)56(43(7)61(81)88-52)89-53-37-66(13,85-17)68(83,45(9)87-53)38-71-30-24-22-20-21-23-25-31-72-60(80)54-39(3)32-49-48-27-26-46-34-47(75)28-29-64(46,11)69(48,70)51(76)36-63(49,54)10/h28-29,34,39-45,48-58,62,71,76-78,82-83H,18-27,30-33,35-38H2,1-17H3,(H,72,80)(H,73,79)/t39-,40-,41-,42+,43-,44-,45+,48?,49?,50+,51+,52-,53+,54-,55-,56+,57-,58-,62+,63+,64+,65-,66-,67-,68+,69+/m1/s1. The zero-order valence-electron chi connectivity index (χ0n) is 57.5. The van der Waals surface area contributed by atoms with Crippen molar-refractivity contribution in [2.45, 2.75) is 288 Å². The number of halogens is 1. The van der Waals surface area contributed by atoms with E-state index in [0.717, 1.165) is 50.5 Å². The summed E-state index contributed by atoms with van der Waals surface area (Å²) in [6.07, 6.45) is 2.28. The molecule has 8 N–H and O–H groups in total. The molecule has 7 aliphatic rings. The molecule has 90 heavy (non-hydrogen) atoms. The normalized spacial score (nSPS) is 46.2. The molecule has 0 radical (unpaired) electrons. The lowest BCUT2D eigenvalue weighted by atomic mass is 9.45. The quantitative estimate of drug-likeness (QED) is 0.0435. The number of esters is 1. The third-order valence-corrected chi connectivity index (χ3v) is 23.8. The first kappa shape index (κ1) is 74.4. The van der Waals surface area contributed by atoms with Crippen molar-refractivity contribution < 1.29 is 82.3 Å². The highest BCUT2D eigenvalue weighted by Crippen LogP contribution is 2.70. The van der Waals surface area contributed by atoms with Crippen LogP contribution in [0.1, 0.15) is 187 Å². The van der Waals surface area contributed by atoms with Gasteiger partial charge in [-0.1, -0.05) is 78.9 Å². The second kappa shape index (κ2) is 29.5. The number of alkyl halides is 1. The summed E-state index contributed by atoms with van der Waals surface area (Å²) in [6.45, 7) is 27.1. The molecule has 3 aliphatic heterocycles. The van der Waals surface area contributed by atoms with E-state index in [1.165, 1.54) is 27.2 Å². The van der Waals surface area contributed by atoms with Crippen LogP contribution in [0.5, 0.6) is 0 Å². The fourth-order valence-electron chi connectivity index (χ4n) is 17.8. The summed E-state index contributed by atoms with van der Waals surface area (Å²) in [5, 5.41) is 69.4. The zero-order chi connectivity index (χ0) is 66.9. The van der Waals surface area contributed by atoms with Crippen molar-refractivity contribution in [3.05, 3.63) is 23.8 Å². The van der Waals surface area contributed by atoms with Gasteiger partial charge in [0, 0.05) is 68.9 Å². The Morgan fingerprint density at radius 3 is 2.13 bits per heavy atom. The second-order valence-electron chi connectivity index (χ2n) is 29.8. The summed E-state index contributed by atoms with van der Waals surface area (Å²) in [6, 6.07) is -1.28. The van der Waals surface area contributed by atoms with Crippen molar-refractivity contribution >= 4 is 23.6 Å². The number of rotatable bonds is 21. The van der Waals surface area contributed by atoms with Gasteiger partial charge < -0.3 is 79.5 Å². The van der Waals surface area contributed by atoms with Crippen molar-refractivity contribution in [1.82, 2.24) is 20.9 Å². The molecule has 2 unspecified atom stereocenters. The van der Waals surface area contributed by atoms with E-state index in [9.17, 15) is 44.7 Å². The second-order valence-corrected chi connectivity index (χ2v) is 29.8. The summed E-state index contributed by atoms with van der Waals surface area (Å²) in [7, 11) is 4.97. The van der Waals surface area contributed by atoms with Crippen LogP contribution in [0.15, 0.2) is 23.8 Å². The number of aliphatic hydroxyl groups excluding tert-OH is 3. The Kier molecular flexibility index (Phi) is 24.4. The highest BCUT2D eigenvalue weighted by atomic mass is 19.1. The van der Waals surface area contributed by atoms with E-state index in [0.29, 0.717) is 38.9 Å². The number of hydrogen-bond acceptors (Lipinski definition) is 18. The lowest BCUT2D eigenvalue weighted by Crippen LogP contribution is -2.70. The Hall–Kier alpha value is -3.03. The first-order valence-corrected chi connectivity index (χ1v) is 34.1. The van der Waals surface area contributed by atoms with E-state index in [2.05, 4.69) is 29.8 Å². The number of fused-ring (bicyclic) bond motifs is 5. The highest BCUT2D eigenvalue weighted by Gasteiger charge is 2.72. The first-order chi connectivity index (χ1) is 42.1. The number of amides is 2. The third kappa shape index (κ3) is 14.4. The smallest absolute Gasteiger partial charge is 0.311 e. The summed E-state index contributed by atoms with van der Waals surface area (Å²) in [5.74, 6) is -4.77. The number of ether oxygens (including phenoxy) is 7. The fourth-order valence-corrected chi connectivity index (χ4v) is 17.8. The van der Waals surface area contributed by atoms with E-state index in [-0.39, 0.29) is 73.8 Å². The lowest BCUT2D eigenvalue weighted by Gasteiger charge is -2.61. The molecule has 0 aromatic carbocycles. The molecule has 0 aromatic heterocycles. The Balaban J connectivity index is 0.965. The van der Waals surface area contributed by atoms with Gasteiger partial charge in [-0.2, -0.15) is 0 Å². The maximum Gasteiger partial charge on any atom is 0.311 e. The van der Waals surface area contributed by atoms with Crippen LogP contribution < -0.4 is 16.0 Å². The number of carbonyl (C=O) groups is 4. The molecular weight excluding hydrogens is 1160 g/mol. The average Bonchev–Trinajstić information content (AvgIpc) is 1.27. The number of allylic oxidation sites excluding steroid dienone is 4. The molecule has 3 saturated carbocycles. The number of cyclic esters (lactones) is 1. The van der Waals surface area contributed by atoms with Gasteiger partial charge in [0.05, 0.1) is 48.1 Å². The number of aliphatic hydroxyl groups is 5. The Morgan fingerprint density at radius 2 is 1.50 bits per heavy atom. The van der Waals surface area contributed by atoms with Crippen LogP contribution in [0.3, 0.4) is 0 Å². The predicted molar refractivity (Wildman–Crippen MR) is 338 cm³/mol. The molecule has 3 heterocycles. The third-order valence-electron chi connectivity index (χ3n) is 23.8. The summed E-state index contributed by atoms with van der Waals surface area (Å²) in [4.78, 5) is 57.1. The molecule has 7 rings (SSSR count). The topological polar surface area (TPSA) is 273 Å². The maximum atomic E-state index is 17.6. The van der Waals surface area contributed by atoms with Crippen LogP contribution in [0, 0.1) is 52.3 Å². The number of methoxy groups -OCH3 is 2. The van der Waals surface area contributed by atoms with Gasteiger partial charge in [0.25, 0.3) is 0 Å². The van der Waals surface area contributed by atoms with Gasteiger partial charge in [-0.15, -0.1) is 0 Å². The van der Waals surface area contributed by atoms with E-state index >= 15 is 4.39 Å². The predicted octanol–water partition coefficient (Wildman–Crippen LogP) is 6.78. The van der Waals surface area contributed by atoms with Crippen molar-refractivity contribution in [3.8, 4) is 0 Å². The van der Waals surface area contributed by atoms with Gasteiger partial charge in [-0.3, -0.25) is 19.2 Å². The van der Waals surface area contributed by atoms with Crippen molar-refractivity contribution in [1.29, 1.82) is 0 Å². The molecule has 0 spiro atoms. The Bertz CT molecular complexity index is 2530. The van der Waals surface area contributed by atoms with Crippen molar-refractivity contribution in [2.24, 2.45) is 52.3 Å². The van der Waals surface area contributed by atoms with Crippen LogP contribution in [-0.2, 0) is 52.3 Å². The van der Waals surface area contributed by atoms with Gasteiger partial charge in [-0.05, 0) is 163 Å². The Labute approximate surface area is 536 Å². The lowest BCUT2D eigenvalue weighted by molar-refractivity contribution is -0.337. The molecule has 4 aliphatic carbocycles. The number of nitrogens with one attached hydrogen (secondary N) is 3. The van der Waals surface area contributed by atoms with Crippen molar-refractivity contribution in [2.75, 3.05) is 47.4 Å². The zero-order valence-corrected chi connectivity index (χ0v) is 57.5. The molecule has 0 aromatic rings. The maximum absolute atomic E-state index is 17.6. The van der Waals surface area contributed by atoms with Gasteiger partial charge in [0.2, 0.25) is 11.8 Å². The minimum Gasteiger partial charge on any atom is -0.459 e. The Morgan fingerprint density at radius 1 is 0.844 bits per heavy atom. The first-order valence-electron chi connectivity index (χ1n) is 34.1. The number of likely N-dealkylation sites (N-methyl/N-ethyl adjacent to an activating group) is 1. The molecule has 3 saturated heterocycles. The van der Waals surface area contributed by atoms with E-state index in [4.69, 9.17) is 33.2 Å². The SMILES string of the molecule is CC[C@H]1OC(=O)[C@H](C)[C@@H](O[C@H]2C[C@@](C)(OC)[C@](O)(CNCCCCCCCCNC(=O)[C@H]3[C@H](C)CC4C5CCC6=CC(=O)C=C[C@]6(C)[C@@]5(F)[C@@H](O)C[C@@]43C)[C@H](C)O2)[C@H](C)[C@@H](O[C@@H]2O[C@H](C)C[C@H](N(C)CC)[C@H]2O)[C@](C)(OC)C[C@@H](C)C(=O)N[C@H](C)[C@@H](O)[C@]1(C)O. The molecular formula is C69H117FN4O16.